The second kappa shape index (κ2) is 6.66. The van der Waals surface area contributed by atoms with Gasteiger partial charge in [-0.25, -0.2) is 9.67 Å². The van der Waals surface area contributed by atoms with Crippen molar-refractivity contribution in [3.63, 3.8) is 0 Å². The van der Waals surface area contributed by atoms with E-state index in [-0.39, 0.29) is 0 Å². The van der Waals surface area contributed by atoms with Crippen LogP contribution in [-0.2, 0) is 13.1 Å². The third-order valence-electron chi connectivity index (χ3n) is 3.46. The van der Waals surface area contributed by atoms with Crippen LogP contribution in [0.1, 0.15) is 43.8 Å². The van der Waals surface area contributed by atoms with Gasteiger partial charge in [-0.2, -0.15) is 5.10 Å². The van der Waals surface area contributed by atoms with Gasteiger partial charge in [0.15, 0.2) is 0 Å². The summed E-state index contributed by atoms with van der Waals surface area (Å²) in [7, 11) is 0. The predicted octanol–water partition coefficient (Wildman–Crippen LogP) is 3.09. The molecule has 4 heteroatoms. The minimum Gasteiger partial charge on any atom is -0.303 e. The summed E-state index contributed by atoms with van der Waals surface area (Å²) in [4.78, 5) is 4.35. The van der Waals surface area contributed by atoms with Crippen LogP contribution in [0.15, 0.2) is 30.6 Å². The second-order valence-corrected chi connectivity index (χ2v) is 5.71. The average Bonchev–Trinajstić information content (AvgIpc) is 2.83. The first-order chi connectivity index (χ1) is 9.58. The lowest BCUT2D eigenvalue weighted by Gasteiger charge is -2.17. The Bertz CT molecular complexity index is 545. The molecule has 0 fully saturated rings. The highest BCUT2D eigenvalue weighted by Crippen LogP contribution is 2.17. The lowest BCUT2D eigenvalue weighted by Crippen LogP contribution is -2.22. The summed E-state index contributed by atoms with van der Waals surface area (Å²) in [5.41, 5.74) is 2.65. The van der Waals surface area contributed by atoms with Crippen LogP contribution >= 0.6 is 0 Å². The van der Waals surface area contributed by atoms with Crippen molar-refractivity contribution in [2.45, 2.75) is 46.8 Å². The van der Waals surface area contributed by atoms with E-state index < -0.39 is 0 Å². The SMILES string of the molecule is Cc1ccccc1[C@@H](C)NCc1ncnn1CC(C)C. The molecule has 0 aliphatic heterocycles. The molecule has 2 rings (SSSR count). The molecule has 1 aromatic heterocycles. The van der Waals surface area contributed by atoms with Gasteiger partial charge < -0.3 is 5.32 Å². The van der Waals surface area contributed by atoms with Crippen LogP contribution in [0.2, 0.25) is 0 Å². The van der Waals surface area contributed by atoms with Gasteiger partial charge in [-0.3, -0.25) is 0 Å². The molecule has 108 valence electrons. The molecule has 0 aliphatic carbocycles. The Balaban J connectivity index is 1.99. The highest BCUT2D eigenvalue weighted by molar-refractivity contribution is 5.28. The van der Waals surface area contributed by atoms with Crippen molar-refractivity contribution in [2.75, 3.05) is 0 Å². The first kappa shape index (κ1) is 14.7. The van der Waals surface area contributed by atoms with Gasteiger partial charge in [0.05, 0.1) is 6.54 Å². The maximum atomic E-state index is 4.35. The van der Waals surface area contributed by atoms with Crippen LogP contribution in [0.4, 0.5) is 0 Å². The van der Waals surface area contributed by atoms with Crippen molar-refractivity contribution >= 4 is 0 Å². The maximum absolute atomic E-state index is 4.35. The lowest BCUT2D eigenvalue weighted by atomic mass is 10.0. The zero-order valence-electron chi connectivity index (χ0n) is 12.8. The highest BCUT2D eigenvalue weighted by Gasteiger charge is 2.10. The number of nitrogens with one attached hydrogen (secondary N) is 1. The lowest BCUT2D eigenvalue weighted by molar-refractivity contribution is 0.449. The molecular formula is C16H24N4. The van der Waals surface area contributed by atoms with Gasteiger partial charge in [-0.05, 0) is 30.9 Å². The number of hydrogen-bond acceptors (Lipinski definition) is 3. The van der Waals surface area contributed by atoms with E-state index in [1.807, 2.05) is 4.68 Å². The van der Waals surface area contributed by atoms with Crippen molar-refractivity contribution in [3.8, 4) is 0 Å². The van der Waals surface area contributed by atoms with E-state index in [2.05, 4.69) is 67.4 Å². The van der Waals surface area contributed by atoms with Gasteiger partial charge >= 0.3 is 0 Å². The van der Waals surface area contributed by atoms with E-state index in [1.54, 1.807) is 6.33 Å². The first-order valence-corrected chi connectivity index (χ1v) is 7.23. The zero-order chi connectivity index (χ0) is 14.5. The molecule has 0 unspecified atom stereocenters. The minimum absolute atomic E-state index is 0.306. The monoisotopic (exact) mass is 272 g/mol. The molecule has 1 N–H and O–H groups in total. The predicted molar refractivity (Wildman–Crippen MR) is 81.3 cm³/mol. The Kier molecular flexibility index (Phi) is 4.90. The Morgan fingerprint density at radius 1 is 1.20 bits per heavy atom. The summed E-state index contributed by atoms with van der Waals surface area (Å²) in [6.45, 7) is 10.4. The number of hydrogen-bond donors (Lipinski definition) is 1. The summed E-state index contributed by atoms with van der Waals surface area (Å²) < 4.78 is 1.99. The van der Waals surface area contributed by atoms with Gasteiger partial charge in [0.1, 0.15) is 12.2 Å². The Morgan fingerprint density at radius 2 is 1.95 bits per heavy atom. The number of aryl methyl sites for hydroxylation is 1. The van der Waals surface area contributed by atoms with E-state index in [0.29, 0.717) is 12.0 Å². The molecule has 0 spiro atoms. The zero-order valence-corrected chi connectivity index (χ0v) is 12.8. The van der Waals surface area contributed by atoms with E-state index >= 15 is 0 Å². The molecular weight excluding hydrogens is 248 g/mol. The quantitative estimate of drug-likeness (QED) is 0.878. The summed E-state index contributed by atoms with van der Waals surface area (Å²) in [6.07, 6.45) is 1.64. The summed E-state index contributed by atoms with van der Waals surface area (Å²) in [5.74, 6) is 1.57. The fourth-order valence-corrected chi connectivity index (χ4v) is 2.35. The molecule has 20 heavy (non-hydrogen) atoms. The molecule has 1 aromatic carbocycles. The molecule has 1 heterocycles. The van der Waals surface area contributed by atoms with E-state index in [0.717, 1.165) is 18.9 Å². The number of benzene rings is 1. The minimum atomic E-state index is 0.306. The molecule has 0 aliphatic rings. The van der Waals surface area contributed by atoms with Crippen LogP contribution in [-0.4, -0.2) is 14.8 Å². The third kappa shape index (κ3) is 3.67. The largest absolute Gasteiger partial charge is 0.303 e. The Hall–Kier alpha value is -1.68. The van der Waals surface area contributed by atoms with E-state index in [1.165, 1.54) is 11.1 Å². The number of nitrogens with zero attached hydrogens (tertiary/aromatic N) is 3. The molecule has 1 atom stereocenters. The molecule has 0 bridgehead atoms. The first-order valence-electron chi connectivity index (χ1n) is 7.23. The second-order valence-electron chi connectivity index (χ2n) is 5.71. The molecule has 2 aromatic rings. The van der Waals surface area contributed by atoms with Crippen molar-refractivity contribution in [3.05, 3.63) is 47.5 Å². The van der Waals surface area contributed by atoms with Crippen LogP contribution in [0.5, 0.6) is 0 Å². The Morgan fingerprint density at radius 3 is 2.65 bits per heavy atom. The van der Waals surface area contributed by atoms with Crippen LogP contribution in [0.25, 0.3) is 0 Å². The highest BCUT2D eigenvalue weighted by atomic mass is 15.3. The van der Waals surface area contributed by atoms with Gasteiger partial charge in [0.2, 0.25) is 0 Å². The number of aromatic nitrogens is 3. The van der Waals surface area contributed by atoms with Gasteiger partial charge in [-0.1, -0.05) is 38.1 Å². The molecule has 0 saturated carbocycles. The van der Waals surface area contributed by atoms with Crippen LogP contribution < -0.4 is 5.32 Å². The summed E-state index contributed by atoms with van der Waals surface area (Å²) in [6, 6.07) is 8.79. The average molecular weight is 272 g/mol. The summed E-state index contributed by atoms with van der Waals surface area (Å²) >= 11 is 0. The topological polar surface area (TPSA) is 42.7 Å². The van der Waals surface area contributed by atoms with Crippen molar-refractivity contribution in [1.29, 1.82) is 0 Å². The van der Waals surface area contributed by atoms with Crippen molar-refractivity contribution in [2.24, 2.45) is 5.92 Å². The fourth-order valence-electron chi connectivity index (χ4n) is 2.35. The molecule has 4 nitrogen and oxygen atoms in total. The van der Waals surface area contributed by atoms with Crippen LogP contribution in [0, 0.1) is 12.8 Å². The van der Waals surface area contributed by atoms with Gasteiger partial charge in [0.25, 0.3) is 0 Å². The van der Waals surface area contributed by atoms with Crippen molar-refractivity contribution in [1.82, 2.24) is 20.1 Å². The Labute approximate surface area is 121 Å². The van der Waals surface area contributed by atoms with E-state index in [4.69, 9.17) is 0 Å². The molecule has 0 radical (unpaired) electrons. The number of rotatable bonds is 6. The van der Waals surface area contributed by atoms with Gasteiger partial charge in [-0.15, -0.1) is 0 Å². The molecule has 0 amide bonds. The van der Waals surface area contributed by atoms with E-state index in [9.17, 15) is 0 Å². The van der Waals surface area contributed by atoms with Gasteiger partial charge in [0, 0.05) is 12.6 Å². The molecule has 0 saturated heterocycles. The standard InChI is InChI=1S/C16H24N4/c1-12(2)10-20-16(18-11-19-20)9-17-14(4)15-8-6-5-7-13(15)3/h5-8,11-12,14,17H,9-10H2,1-4H3/t14-/m1/s1. The van der Waals surface area contributed by atoms with Crippen molar-refractivity contribution < 1.29 is 0 Å². The normalized spacial score (nSPS) is 12.8. The summed E-state index contributed by atoms with van der Waals surface area (Å²) in [5, 5.41) is 7.82. The smallest absolute Gasteiger partial charge is 0.140 e. The maximum Gasteiger partial charge on any atom is 0.140 e. The third-order valence-corrected chi connectivity index (χ3v) is 3.46. The van der Waals surface area contributed by atoms with Crippen LogP contribution in [0.3, 0.4) is 0 Å². The fraction of sp³-hybridized carbons (Fsp3) is 0.500.